The number of carbonyl (C=O) groups excluding carboxylic acids is 1. The van der Waals surface area contributed by atoms with E-state index in [1.165, 1.54) is 18.6 Å². The number of rotatable bonds is 4. The third-order valence-electron chi connectivity index (χ3n) is 1.67. The Morgan fingerprint density at radius 1 is 1.54 bits per heavy atom. The third kappa shape index (κ3) is 2.15. The Hall–Kier alpha value is -1.17. The summed E-state index contributed by atoms with van der Waals surface area (Å²) in [6.45, 7) is -0.796. The van der Waals surface area contributed by atoms with E-state index in [0.717, 1.165) is 0 Å². The van der Waals surface area contributed by atoms with Crippen LogP contribution in [0.1, 0.15) is 11.7 Å². The Bertz CT molecular complexity index is 266. The second-order valence-corrected chi connectivity index (χ2v) is 2.57. The second-order valence-electron chi connectivity index (χ2n) is 2.57. The van der Waals surface area contributed by atoms with Crippen molar-refractivity contribution in [3.8, 4) is 0 Å². The topological polar surface area (TPSA) is 90.9 Å². The van der Waals surface area contributed by atoms with Crippen molar-refractivity contribution < 1.29 is 24.5 Å². The van der Waals surface area contributed by atoms with E-state index >= 15 is 0 Å². The van der Waals surface area contributed by atoms with Gasteiger partial charge in [0, 0.05) is 5.56 Å². The zero-order chi connectivity index (χ0) is 9.84. The molecular weight excluding hydrogens is 176 g/mol. The normalized spacial score (nSPS) is 15.3. The fraction of sp³-hybridized carbons (Fsp3) is 0.375. The predicted molar refractivity (Wildman–Crippen MR) is 41.8 cm³/mol. The van der Waals surface area contributed by atoms with Crippen LogP contribution >= 0.6 is 0 Å². The molecule has 5 heteroatoms. The molecule has 1 aromatic rings. The van der Waals surface area contributed by atoms with E-state index in [2.05, 4.69) is 4.42 Å². The van der Waals surface area contributed by atoms with Gasteiger partial charge in [-0.3, -0.25) is 4.79 Å². The summed E-state index contributed by atoms with van der Waals surface area (Å²) in [5.41, 5.74) is 0.300. The van der Waals surface area contributed by atoms with E-state index in [1.54, 1.807) is 0 Å². The summed E-state index contributed by atoms with van der Waals surface area (Å²) >= 11 is 0. The Morgan fingerprint density at radius 3 is 2.69 bits per heavy atom. The fourth-order valence-corrected chi connectivity index (χ4v) is 0.895. The molecule has 0 aromatic carbocycles. The van der Waals surface area contributed by atoms with Gasteiger partial charge in [-0.05, 0) is 6.07 Å². The average molecular weight is 186 g/mol. The highest BCUT2D eigenvalue weighted by Crippen LogP contribution is 2.17. The molecule has 0 radical (unpaired) electrons. The van der Waals surface area contributed by atoms with Crippen LogP contribution in [0.4, 0.5) is 0 Å². The predicted octanol–water partition coefficient (Wildman–Crippen LogP) is -0.765. The van der Waals surface area contributed by atoms with E-state index in [1.807, 2.05) is 0 Å². The zero-order valence-electron chi connectivity index (χ0n) is 6.75. The first kappa shape index (κ1) is 9.91. The lowest BCUT2D eigenvalue weighted by Gasteiger charge is -2.13. The van der Waals surface area contributed by atoms with Crippen LogP contribution in [0, 0.1) is 0 Å². The van der Waals surface area contributed by atoms with Crippen molar-refractivity contribution in [2.75, 3.05) is 6.61 Å². The first-order chi connectivity index (χ1) is 6.16. The highest BCUT2D eigenvalue weighted by atomic mass is 16.3. The van der Waals surface area contributed by atoms with Gasteiger partial charge in [-0.1, -0.05) is 0 Å². The number of hydrogen-bond donors (Lipinski definition) is 3. The Labute approximate surface area is 74.2 Å². The SMILES string of the molecule is O=C(CO)[C@H](O)[C@@H](O)c1ccoc1. The van der Waals surface area contributed by atoms with Gasteiger partial charge in [0.05, 0.1) is 12.5 Å². The van der Waals surface area contributed by atoms with Gasteiger partial charge in [0.1, 0.15) is 18.8 Å². The van der Waals surface area contributed by atoms with Crippen LogP contribution in [0.25, 0.3) is 0 Å². The summed E-state index contributed by atoms with van der Waals surface area (Å²) in [7, 11) is 0. The van der Waals surface area contributed by atoms with Crippen molar-refractivity contribution in [3.63, 3.8) is 0 Å². The molecule has 1 aromatic heterocycles. The molecule has 13 heavy (non-hydrogen) atoms. The largest absolute Gasteiger partial charge is 0.472 e. The molecule has 0 spiro atoms. The van der Waals surface area contributed by atoms with E-state index in [-0.39, 0.29) is 0 Å². The van der Waals surface area contributed by atoms with Crippen molar-refractivity contribution in [1.82, 2.24) is 0 Å². The monoisotopic (exact) mass is 186 g/mol. The van der Waals surface area contributed by atoms with Gasteiger partial charge < -0.3 is 19.7 Å². The zero-order valence-corrected chi connectivity index (χ0v) is 6.75. The van der Waals surface area contributed by atoms with Crippen molar-refractivity contribution in [1.29, 1.82) is 0 Å². The molecule has 72 valence electrons. The van der Waals surface area contributed by atoms with Gasteiger partial charge >= 0.3 is 0 Å². The highest BCUT2D eigenvalue weighted by molar-refractivity contribution is 5.84. The Balaban J connectivity index is 2.68. The molecule has 1 rings (SSSR count). The minimum atomic E-state index is -1.61. The quantitative estimate of drug-likeness (QED) is 0.574. The Kier molecular flexibility index (Phi) is 3.18. The molecule has 0 saturated heterocycles. The standard InChI is InChI=1S/C8H10O5/c9-3-6(10)8(12)7(11)5-1-2-13-4-5/h1-2,4,7-9,11-12H,3H2/t7-,8-/m0/s1. The van der Waals surface area contributed by atoms with Crippen LogP contribution in [0.5, 0.6) is 0 Å². The van der Waals surface area contributed by atoms with Crippen LogP contribution < -0.4 is 0 Å². The number of Topliss-reactive ketones (excluding diaryl/α,β-unsaturated/α-hetero) is 1. The maximum atomic E-state index is 10.8. The smallest absolute Gasteiger partial charge is 0.189 e. The number of aliphatic hydroxyl groups excluding tert-OH is 3. The van der Waals surface area contributed by atoms with E-state index < -0.39 is 24.6 Å². The number of furan rings is 1. The molecule has 0 unspecified atom stereocenters. The number of ketones is 1. The summed E-state index contributed by atoms with van der Waals surface area (Å²) in [4.78, 5) is 10.8. The van der Waals surface area contributed by atoms with Gasteiger partial charge in [-0.15, -0.1) is 0 Å². The lowest BCUT2D eigenvalue weighted by molar-refractivity contribution is -0.136. The second kappa shape index (κ2) is 4.18. The van der Waals surface area contributed by atoms with Crippen molar-refractivity contribution in [2.45, 2.75) is 12.2 Å². The van der Waals surface area contributed by atoms with E-state index in [0.29, 0.717) is 5.56 Å². The van der Waals surface area contributed by atoms with Crippen molar-refractivity contribution >= 4 is 5.78 Å². The van der Waals surface area contributed by atoms with Gasteiger partial charge in [0.25, 0.3) is 0 Å². The molecule has 1 heterocycles. The van der Waals surface area contributed by atoms with Gasteiger partial charge in [0.15, 0.2) is 5.78 Å². The molecule has 0 aliphatic rings. The fourth-order valence-electron chi connectivity index (χ4n) is 0.895. The van der Waals surface area contributed by atoms with Crippen LogP contribution in [0.3, 0.4) is 0 Å². The lowest BCUT2D eigenvalue weighted by Crippen LogP contribution is -2.29. The maximum Gasteiger partial charge on any atom is 0.189 e. The summed E-state index contributed by atoms with van der Waals surface area (Å²) in [5.74, 6) is -0.825. The number of hydrogen-bond acceptors (Lipinski definition) is 5. The first-order valence-electron chi connectivity index (χ1n) is 3.68. The molecule has 0 amide bonds. The summed E-state index contributed by atoms with van der Waals surface area (Å²) in [6, 6.07) is 1.43. The van der Waals surface area contributed by atoms with Gasteiger partial charge in [-0.25, -0.2) is 0 Å². The summed E-state index contributed by atoms with van der Waals surface area (Å²) in [6.07, 6.45) is -0.422. The van der Waals surface area contributed by atoms with Crippen LogP contribution in [-0.2, 0) is 4.79 Å². The van der Waals surface area contributed by atoms with Crippen molar-refractivity contribution in [2.24, 2.45) is 0 Å². The highest BCUT2D eigenvalue weighted by Gasteiger charge is 2.25. The minimum absolute atomic E-state index is 0.300. The van der Waals surface area contributed by atoms with Crippen LogP contribution in [0.15, 0.2) is 23.0 Å². The molecule has 0 saturated carbocycles. The van der Waals surface area contributed by atoms with E-state index in [9.17, 15) is 9.90 Å². The molecule has 0 aliphatic carbocycles. The molecule has 3 N–H and O–H groups in total. The van der Waals surface area contributed by atoms with Crippen LogP contribution in [-0.4, -0.2) is 33.8 Å². The van der Waals surface area contributed by atoms with Gasteiger partial charge in [-0.2, -0.15) is 0 Å². The molecule has 0 fully saturated rings. The Morgan fingerprint density at radius 2 is 2.23 bits per heavy atom. The maximum absolute atomic E-state index is 10.8. The first-order valence-corrected chi connectivity index (χ1v) is 3.68. The van der Waals surface area contributed by atoms with Crippen LogP contribution in [0.2, 0.25) is 0 Å². The minimum Gasteiger partial charge on any atom is -0.472 e. The lowest BCUT2D eigenvalue weighted by atomic mass is 10.1. The van der Waals surface area contributed by atoms with Crippen molar-refractivity contribution in [3.05, 3.63) is 24.2 Å². The molecular formula is C8H10O5. The average Bonchev–Trinajstić information content (AvgIpc) is 2.67. The summed E-state index contributed by atoms with van der Waals surface area (Å²) < 4.78 is 4.65. The van der Waals surface area contributed by atoms with Gasteiger partial charge in [0.2, 0.25) is 0 Å². The molecule has 0 bridgehead atoms. The molecule has 0 aliphatic heterocycles. The number of carbonyl (C=O) groups is 1. The molecule has 2 atom stereocenters. The summed E-state index contributed by atoms with van der Waals surface area (Å²) in [5, 5.41) is 26.9. The molecule has 5 nitrogen and oxygen atoms in total. The van der Waals surface area contributed by atoms with E-state index in [4.69, 9.17) is 10.2 Å². The third-order valence-corrected chi connectivity index (χ3v) is 1.67. The number of aliphatic hydroxyl groups is 3.